The zero-order chi connectivity index (χ0) is 13.1. The molecule has 2 rings (SSSR count). The molecule has 92 valence electrons. The molecule has 0 saturated heterocycles. The molecule has 2 aromatic rings. The molecule has 1 heterocycles. The van der Waals surface area contributed by atoms with Crippen molar-refractivity contribution in [3.8, 4) is 0 Å². The number of rotatable bonds is 2. The molecule has 0 fully saturated rings. The van der Waals surface area contributed by atoms with Crippen LogP contribution in [0.4, 0.5) is 14.5 Å². The molecule has 0 unspecified atom stereocenters. The van der Waals surface area contributed by atoms with E-state index in [0.29, 0.717) is 10.3 Å². The van der Waals surface area contributed by atoms with Crippen LogP contribution in [0.3, 0.4) is 0 Å². The van der Waals surface area contributed by atoms with E-state index in [1.54, 1.807) is 12.1 Å². The highest BCUT2D eigenvalue weighted by atomic mass is 32.1. The number of carbonyl (C=O) groups excluding carboxylic acids is 1. The molecular weight excluding hydrogens is 258 g/mol. The van der Waals surface area contributed by atoms with Crippen molar-refractivity contribution in [2.45, 2.75) is 0 Å². The van der Waals surface area contributed by atoms with Crippen LogP contribution in [-0.4, -0.2) is 10.9 Å². The molecule has 0 saturated carbocycles. The minimum absolute atomic E-state index is 0.0383. The summed E-state index contributed by atoms with van der Waals surface area (Å²) >= 11 is 4.85. The van der Waals surface area contributed by atoms with E-state index in [9.17, 15) is 13.6 Å². The molecule has 1 amide bonds. The van der Waals surface area contributed by atoms with Crippen LogP contribution in [-0.2, 0) is 0 Å². The molecular formula is C12H8F2N2OS. The lowest BCUT2D eigenvalue weighted by Gasteiger charge is -2.05. The van der Waals surface area contributed by atoms with Gasteiger partial charge in [-0.05, 0) is 30.3 Å². The van der Waals surface area contributed by atoms with Crippen molar-refractivity contribution < 1.29 is 13.6 Å². The normalized spacial score (nSPS) is 10.1. The zero-order valence-corrected chi connectivity index (χ0v) is 9.85. The molecule has 1 aromatic heterocycles. The van der Waals surface area contributed by atoms with Crippen LogP contribution in [0.15, 0.2) is 36.5 Å². The van der Waals surface area contributed by atoms with E-state index in [-0.39, 0.29) is 5.56 Å². The van der Waals surface area contributed by atoms with Gasteiger partial charge in [0.05, 0.1) is 5.69 Å². The van der Waals surface area contributed by atoms with Crippen LogP contribution in [0.1, 0.15) is 10.4 Å². The average molecular weight is 266 g/mol. The third kappa shape index (κ3) is 2.78. The third-order valence-electron chi connectivity index (χ3n) is 2.22. The molecule has 0 aliphatic rings. The van der Waals surface area contributed by atoms with Crippen molar-refractivity contribution in [3.05, 3.63) is 58.4 Å². The Balaban J connectivity index is 2.19. The fourth-order valence-electron chi connectivity index (χ4n) is 1.33. The first-order chi connectivity index (χ1) is 8.56. The molecule has 6 heteroatoms. The number of carbonyl (C=O) groups is 1. The van der Waals surface area contributed by atoms with Gasteiger partial charge in [-0.25, -0.2) is 8.78 Å². The summed E-state index contributed by atoms with van der Waals surface area (Å²) in [5.74, 6) is -2.58. The van der Waals surface area contributed by atoms with Gasteiger partial charge in [0, 0.05) is 11.8 Å². The summed E-state index contributed by atoms with van der Waals surface area (Å²) in [6.07, 6.45) is 1.51. The Morgan fingerprint density at radius 2 is 1.94 bits per heavy atom. The largest absolute Gasteiger partial charge is 0.351 e. The lowest BCUT2D eigenvalue weighted by atomic mass is 10.2. The van der Waals surface area contributed by atoms with E-state index in [4.69, 9.17) is 12.2 Å². The highest BCUT2D eigenvalue weighted by Gasteiger charge is 2.09. The van der Waals surface area contributed by atoms with Gasteiger partial charge in [-0.15, -0.1) is 0 Å². The summed E-state index contributed by atoms with van der Waals surface area (Å²) in [6.45, 7) is 0. The van der Waals surface area contributed by atoms with Crippen molar-refractivity contribution in [2.75, 3.05) is 5.32 Å². The number of aromatic amines is 1. The predicted molar refractivity (Wildman–Crippen MR) is 65.9 cm³/mol. The second-order valence-corrected chi connectivity index (χ2v) is 3.96. The molecule has 18 heavy (non-hydrogen) atoms. The van der Waals surface area contributed by atoms with Crippen LogP contribution in [0, 0.1) is 16.3 Å². The Morgan fingerprint density at radius 3 is 2.56 bits per heavy atom. The molecule has 0 atom stereocenters. The molecule has 3 nitrogen and oxygen atoms in total. The van der Waals surface area contributed by atoms with Crippen molar-refractivity contribution >= 4 is 23.8 Å². The fraction of sp³-hybridized carbons (Fsp3) is 0. The Labute approximate surface area is 106 Å². The maximum absolute atomic E-state index is 13.0. The van der Waals surface area contributed by atoms with Gasteiger partial charge in [-0.2, -0.15) is 0 Å². The highest BCUT2D eigenvalue weighted by Crippen LogP contribution is 2.11. The number of benzene rings is 1. The van der Waals surface area contributed by atoms with Gasteiger partial charge >= 0.3 is 0 Å². The van der Waals surface area contributed by atoms with E-state index < -0.39 is 17.5 Å². The second-order valence-electron chi connectivity index (χ2n) is 3.52. The maximum atomic E-state index is 13.0. The van der Waals surface area contributed by atoms with Gasteiger partial charge in [-0.3, -0.25) is 4.79 Å². The first-order valence-electron chi connectivity index (χ1n) is 5.01. The SMILES string of the molecule is O=C(Nc1ccc(=S)[nH]c1)c1ccc(F)c(F)c1. The van der Waals surface area contributed by atoms with Crippen LogP contribution in [0.25, 0.3) is 0 Å². The number of pyridine rings is 1. The average Bonchev–Trinajstić information content (AvgIpc) is 2.35. The number of halogens is 2. The second kappa shape index (κ2) is 5.05. The van der Waals surface area contributed by atoms with Crippen molar-refractivity contribution in [3.63, 3.8) is 0 Å². The van der Waals surface area contributed by atoms with Gasteiger partial charge in [0.15, 0.2) is 11.6 Å². The van der Waals surface area contributed by atoms with Crippen LogP contribution in [0.2, 0.25) is 0 Å². The van der Waals surface area contributed by atoms with Crippen LogP contribution < -0.4 is 5.32 Å². The molecule has 0 aliphatic heterocycles. The summed E-state index contributed by atoms with van der Waals surface area (Å²) < 4.78 is 26.2. The van der Waals surface area contributed by atoms with Crippen molar-refractivity contribution in [1.82, 2.24) is 4.98 Å². The van der Waals surface area contributed by atoms with E-state index in [1.807, 2.05) is 0 Å². The number of amides is 1. The Hall–Kier alpha value is -2.08. The molecule has 0 spiro atoms. The molecule has 1 aromatic carbocycles. The number of H-pyrrole nitrogens is 1. The third-order valence-corrected chi connectivity index (χ3v) is 2.48. The van der Waals surface area contributed by atoms with E-state index >= 15 is 0 Å². The molecule has 2 N–H and O–H groups in total. The summed E-state index contributed by atoms with van der Waals surface area (Å²) in [4.78, 5) is 14.5. The first kappa shape index (κ1) is 12.4. The van der Waals surface area contributed by atoms with E-state index in [1.165, 1.54) is 12.3 Å². The first-order valence-corrected chi connectivity index (χ1v) is 5.42. The van der Waals surface area contributed by atoms with Gasteiger partial charge in [-0.1, -0.05) is 12.2 Å². The highest BCUT2D eigenvalue weighted by molar-refractivity contribution is 7.71. The number of anilines is 1. The zero-order valence-electron chi connectivity index (χ0n) is 9.04. The van der Waals surface area contributed by atoms with Crippen LogP contribution in [0.5, 0.6) is 0 Å². The quantitative estimate of drug-likeness (QED) is 0.819. The molecule has 0 aliphatic carbocycles. The minimum atomic E-state index is -1.06. The van der Waals surface area contributed by atoms with Gasteiger partial charge in [0.1, 0.15) is 4.64 Å². The minimum Gasteiger partial charge on any atom is -0.351 e. The van der Waals surface area contributed by atoms with Crippen molar-refractivity contribution in [1.29, 1.82) is 0 Å². The van der Waals surface area contributed by atoms with Gasteiger partial charge < -0.3 is 10.3 Å². The van der Waals surface area contributed by atoms with Gasteiger partial charge in [0.25, 0.3) is 5.91 Å². The predicted octanol–water partition coefficient (Wildman–Crippen LogP) is 3.27. The lowest BCUT2D eigenvalue weighted by Crippen LogP contribution is -2.12. The topological polar surface area (TPSA) is 44.9 Å². The number of aromatic nitrogens is 1. The van der Waals surface area contributed by atoms with Gasteiger partial charge in [0.2, 0.25) is 0 Å². The Bertz CT molecular complexity index is 634. The van der Waals surface area contributed by atoms with E-state index in [2.05, 4.69) is 10.3 Å². The Morgan fingerprint density at radius 1 is 1.17 bits per heavy atom. The fourth-order valence-corrected chi connectivity index (χ4v) is 1.46. The standard InChI is InChI=1S/C12H8F2N2OS/c13-9-3-1-7(5-10(9)14)12(17)16-8-2-4-11(18)15-6-8/h1-6H,(H,15,18)(H,16,17). The van der Waals surface area contributed by atoms with Crippen molar-refractivity contribution in [2.24, 2.45) is 0 Å². The number of hydrogen-bond acceptors (Lipinski definition) is 2. The lowest BCUT2D eigenvalue weighted by molar-refractivity contribution is 0.102. The molecule has 0 radical (unpaired) electrons. The summed E-state index contributed by atoms with van der Waals surface area (Å²) in [5, 5.41) is 2.53. The number of hydrogen-bond donors (Lipinski definition) is 2. The monoisotopic (exact) mass is 266 g/mol. The number of nitrogens with one attached hydrogen (secondary N) is 2. The summed E-state index contributed by atoms with van der Waals surface area (Å²) in [5.41, 5.74) is 0.523. The smallest absolute Gasteiger partial charge is 0.255 e. The Kier molecular flexibility index (Phi) is 3.47. The molecule has 0 bridgehead atoms. The maximum Gasteiger partial charge on any atom is 0.255 e. The van der Waals surface area contributed by atoms with E-state index in [0.717, 1.165) is 12.1 Å². The van der Waals surface area contributed by atoms with Crippen LogP contribution >= 0.6 is 12.2 Å². The summed E-state index contributed by atoms with van der Waals surface area (Å²) in [6, 6.07) is 6.17. The summed E-state index contributed by atoms with van der Waals surface area (Å²) in [7, 11) is 0.